The number of amides is 1. The van der Waals surface area contributed by atoms with Gasteiger partial charge in [0.15, 0.2) is 0 Å². The third-order valence-corrected chi connectivity index (χ3v) is 4.82. The topological polar surface area (TPSA) is 49.8 Å². The van der Waals surface area contributed by atoms with Gasteiger partial charge < -0.3 is 14.7 Å². The highest BCUT2D eigenvalue weighted by Crippen LogP contribution is 2.23. The molecule has 1 aliphatic rings. The third kappa shape index (κ3) is 4.60. The summed E-state index contributed by atoms with van der Waals surface area (Å²) in [6.45, 7) is 2.14. The highest BCUT2D eigenvalue weighted by atomic mass is 16.5. The second-order valence-corrected chi connectivity index (χ2v) is 6.51. The van der Waals surface area contributed by atoms with Crippen molar-refractivity contribution in [1.82, 2.24) is 4.90 Å². The number of nitrogens with zero attached hydrogens (tertiary/aromatic N) is 1. The minimum absolute atomic E-state index is 0.0784. The number of carbonyl (C=O) groups is 1. The first-order valence-corrected chi connectivity index (χ1v) is 8.94. The molecule has 1 aliphatic heterocycles. The summed E-state index contributed by atoms with van der Waals surface area (Å²) in [6.07, 6.45) is 2.77. The maximum Gasteiger partial charge on any atom is 0.254 e. The molecule has 4 nitrogen and oxygen atoms in total. The summed E-state index contributed by atoms with van der Waals surface area (Å²) in [5.74, 6) is 1.41. The van der Waals surface area contributed by atoms with Crippen LogP contribution in [0.1, 0.15) is 35.2 Å². The summed E-state index contributed by atoms with van der Waals surface area (Å²) in [6, 6.07) is 17.3. The molecule has 0 spiro atoms. The van der Waals surface area contributed by atoms with Crippen molar-refractivity contribution in [2.45, 2.75) is 25.9 Å². The summed E-state index contributed by atoms with van der Waals surface area (Å²) < 4.78 is 5.82. The maximum absolute atomic E-state index is 12.9. The highest BCUT2D eigenvalue weighted by Gasteiger charge is 2.24. The first-order valence-electron chi connectivity index (χ1n) is 8.94. The third-order valence-electron chi connectivity index (χ3n) is 4.82. The summed E-state index contributed by atoms with van der Waals surface area (Å²) in [4.78, 5) is 14.8. The van der Waals surface area contributed by atoms with Gasteiger partial charge in [0.2, 0.25) is 0 Å². The van der Waals surface area contributed by atoms with E-state index >= 15 is 0 Å². The predicted octanol–water partition coefficient (Wildman–Crippen LogP) is 3.50. The Morgan fingerprint density at radius 2 is 1.72 bits per heavy atom. The van der Waals surface area contributed by atoms with E-state index in [4.69, 9.17) is 9.84 Å². The molecule has 0 radical (unpaired) electrons. The Morgan fingerprint density at radius 1 is 1.04 bits per heavy atom. The van der Waals surface area contributed by atoms with Crippen molar-refractivity contribution in [1.29, 1.82) is 0 Å². The molecule has 2 aromatic carbocycles. The van der Waals surface area contributed by atoms with E-state index in [0.29, 0.717) is 12.5 Å². The molecular weight excluding hydrogens is 314 g/mol. The second-order valence-electron chi connectivity index (χ2n) is 6.51. The van der Waals surface area contributed by atoms with E-state index in [1.54, 1.807) is 0 Å². The monoisotopic (exact) mass is 339 g/mol. The Morgan fingerprint density at radius 3 is 2.44 bits per heavy atom. The number of hydrogen-bond donors (Lipinski definition) is 1. The zero-order valence-corrected chi connectivity index (χ0v) is 14.4. The number of para-hydroxylation sites is 1. The minimum Gasteiger partial charge on any atom is -0.489 e. The molecule has 1 fully saturated rings. The maximum atomic E-state index is 12.9. The van der Waals surface area contributed by atoms with E-state index in [2.05, 4.69) is 0 Å². The van der Waals surface area contributed by atoms with Crippen molar-refractivity contribution >= 4 is 5.91 Å². The lowest BCUT2D eigenvalue weighted by Crippen LogP contribution is -2.39. The Bertz CT molecular complexity index is 679. The zero-order valence-electron chi connectivity index (χ0n) is 14.4. The van der Waals surface area contributed by atoms with E-state index in [9.17, 15) is 4.79 Å². The van der Waals surface area contributed by atoms with Crippen molar-refractivity contribution in [2.75, 3.05) is 19.7 Å². The fourth-order valence-electron chi connectivity index (χ4n) is 3.31. The lowest BCUT2D eigenvalue weighted by Gasteiger charge is -2.32. The predicted molar refractivity (Wildman–Crippen MR) is 97.5 cm³/mol. The van der Waals surface area contributed by atoms with Gasteiger partial charge in [-0.05, 0) is 43.4 Å². The van der Waals surface area contributed by atoms with Gasteiger partial charge in [0.25, 0.3) is 5.91 Å². The molecule has 132 valence electrons. The molecule has 0 bridgehead atoms. The van der Waals surface area contributed by atoms with E-state index in [1.165, 1.54) is 0 Å². The van der Waals surface area contributed by atoms with Crippen molar-refractivity contribution in [3.63, 3.8) is 0 Å². The van der Waals surface area contributed by atoms with Gasteiger partial charge >= 0.3 is 0 Å². The molecule has 1 N–H and O–H groups in total. The van der Waals surface area contributed by atoms with Crippen LogP contribution in [0.15, 0.2) is 54.6 Å². The lowest BCUT2D eigenvalue weighted by atomic mass is 9.93. The SMILES string of the molecule is O=C(c1ccccc1COc1ccccc1)N1CCC(CCO)CC1. The van der Waals surface area contributed by atoms with Gasteiger partial charge in [-0.2, -0.15) is 0 Å². The van der Waals surface area contributed by atoms with Crippen LogP contribution in [-0.2, 0) is 6.61 Å². The number of aliphatic hydroxyl groups excluding tert-OH is 1. The van der Waals surface area contributed by atoms with Gasteiger partial charge in [0.05, 0.1) is 0 Å². The Labute approximate surface area is 149 Å². The zero-order chi connectivity index (χ0) is 17.5. The highest BCUT2D eigenvalue weighted by molar-refractivity contribution is 5.95. The Balaban J connectivity index is 1.65. The number of ether oxygens (including phenoxy) is 1. The van der Waals surface area contributed by atoms with Crippen LogP contribution < -0.4 is 4.74 Å². The van der Waals surface area contributed by atoms with E-state index in [1.807, 2.05) is 59.5 Å². The van der Waals surface area contributed by atoms with Crippen LogP contribution in [0, 0.1) is 5.92 Å². The largest absolute Gasteiger partial charge is 0.489 e. The van der Waals surface area contributed by atoms with Crippen LogP contribution in [-0.4, -0.2) is 35.6 Å². The molecule has 0 atom stereocenters. The molecular formula is C21H25NO3. The molecule has 3 rings (SSSR count). The van der Waals surface area contributed by atoms with Crippen molar-refractivity contribution in [3.05, 3.63) is 65.7 Å². The van der Waals surface area contributed by atoms with Crippen LogP contribution in [0.5, 0.6) is 5.75 Å². The van der Waals surface area contributed by atoms with Gasteiger partial charge in [0.1, 0.15) is 12.4 Å². The van der Waals surface area contributed by atoms with Crippen LogP contribution in [0.4, 0.5) is 0 Å². The summed E-state index contributed by atoms with van der Waals surface area (Å²) in [7, 11) is 0. The minimum atomic E-state index is 0.0784. The van der Waals surface area contributed by atoms with Gasteiger partial charge in [-0.1, -0.05) is 36.4 Å². The molecule has 0 unspecified atom stereocenters. The first-order chi connectivity index (χ1) is 12.3. The van der Waals surface area contributed by atoms with Gasteiger partial charge in [-0.15, -0.1) is 0 Å². The fraction of sp³-hybridized carbons (Fsp3) is 0.381. The normalized spacial score (nSPS) is 15.2. The number of likely N-dealkylation sites (tertiary alicyclic amines) is 1. The molecule has 1 amide bonds. The van der Waals surface area contributed by atoms with Gasteiger partial charge in [-0.25, -0.2) is 0 Å². The number of aliphatic hydroxyl groups is 1. The Hall–Kier alpha value is -2.33. The van der Waals surface area contributed by atoms with Gasteiger partial charge in [-0.3, -0.25) is 4.79 Å². The smallest absolute Gasteiger partial charge is 0.254 e. The molecule has 0 aromatic heterocycles. The molecule has 1 heterocycles. The average Bonchev–Trinajstić information content (AvgIpc) is 2.68. The summed E-state index contributed by atoms with van der Waals surface area (Å²) in [5, 5.41) is 9.07. The average molecular weight is 339 g/mol. The number of carbonyl (C=O) groups excluding carboxylic acids is 1. The molecule has 1 saturated heterocycles. The molecule has 25 heavy (non-hydrogen) atoms. The second kappa shape index (κ2) is 8.67. The molecule has 0 saturated carbocycles. The van der Waals surface area contributed by atoms with Crippen molar-refractivity contribution in [2.24, 2.45) is 5.92 Å². The van der Waals surface area contributed by atoms with Gasteiger partial charge in [0, 0.05) is 30.8 Å². The van der Waals surface area contributed by atoms with Crippen molar-refractivity contribution in [3.8, 4) is 5.75 Å². The lowest BCUT2D eigenvalue weighted by molar-refractivity contribution is 0.0675. The standard InChI is InChI=1S/C21H25NO3/c23-15-12-17-10-13-22(14-11-17)21(24)20-9-5-4-6-18(20)16-25-19-7-2-1-3-8-19/h1-9,17,23H,10-16H2. The van der Waals surface area contributed by atoms with Crippen molar-refractivity contribution < 1.29 is 14.6 Å². The van der Waals surface area contributed by atoms with Crippen LogP contribution in [0.3, 0.4) is 0 Å². The summed E-state index contributed by atoms with van der Waals surface area (Å²) in [5.41, 5.74) is 1.63. The Kier molecular flexibility index (Phi) is 6.07. The van der Waals surface area contributed by atoms with E-state index in [0.717, 1.165) is 49.2 Å². The number of rotatable bonds is 6. The summed E-state index contributed by atoms with van der Waals surface area (Å²) >= 11 is 0. The molecule has 2 aromatic rings. The molecule has 4 heteroatoms. The number of benzene rings is 2. The molecule has 0 aliphatic carbocycles. The van der Waals surface area contributed by atoms with Crippen LogP contribution >= 0.6 is 0 Å². The number of hydrogen-bond acceptors (Lipinski definition) is 3. The quantitative estimate of drug-likeness (QED) is 0.876. The van der Waals surface area contributed by atoms with E-state index in [-0.39, 0.29) is 12.5 Å². The number of piperidine rings is 1. The fourth-order valence-corrected chi connectivity index (χ4v) is 3.31. The first kappa shape index (κ1) is 17.5. The van der Waals surface area contributed by atoms with Crippen LogP contribution in [0.25, 0.3) is 0 Å². The van der Waals surface area contributed by atoms with Crippen LogP contribution in [0.2, 0.25) is 0 Å². The van der Waals surface area contributed by atoms with E-state index < -0.39 is 0 Å².